The molecule has 11 atom stereocenters. The third-order valence-corrected chi connectivity index (χ3v) is 13.6. The van der Waals surface area contributed by atoms with Crippen molar-refractivity contribution in [2.75, 3.05) is 13.2 Å². The first kappa shape index (κ1) is 28.4. The smallest absolute Gasteiger partial charge is 0.323 e. The van der Waals surface area contributed by atoms with Gasteiger partial charge in [-0.1, -0.05) is 33.3 Å². The lowest BCUT2D eigenvalue weighted by atomic mass is 9.38. The maximum Gasteiger partial charge on any atom is 0.323 e. The van der Waals surface area contributed by atoms with Crippen molar-refractivity contribution in [1.82, 2.24) is 4.90 Å². The molecule has 0 amide bonds. The van der Waals surface area contributed by atoms with Gasteiger partial charge in [0.15, 0.2) is 5.78 Å². The van der Waals surface area contributed by atoms with Crippen LogP contribution in [0.15, 0.2) is 11.6 Å². The molecule has 40 heavy (non-hydrogen) atoms. The van der Waals surface area contributed by atoms with Gasteiger partial charge in [-0.25, -0.2) is 0 Å². The molecule has 1 saturated heterocycles. The van der Waals surface area contributed by atoms with Crippen LogP contribution in [0.2, 0.25) is 0 Å². The summed E-state index contributed by atoms with van der Waals surface area (Å²) in [5.41, 5.74) is 1.33. The molecule has 222 valence electrons. The zero-order valence-electron chi connectivity index (χ0n) is 25.4. The molecule has 5 aliphatic carbocycles. The molecule has 0 radical (unpaired) electrons. The monoisotopic (exact) mass is 553 g/mol. The molecule has 0 aromatic carbocycles. The van der Waals surface area contributed by atoms with Crippen LogP contribution in [-0.4, -0.2) is 53.0 Å². The lowest BCUT2D eigenvalue weighted by Crippen LogP contribution is -2.63. The highest BCUT2D eigenvalue weighted by Gasteiger charge is 2.65. The van der Waals surface area contributed by atoms with Crippen molar-refractivity contribution >= 4 is 17.7 Å². The zero-order chi connectivity index (χ0) is 28.6. The van der Waals surface area contributed by atoms with Crippen LogP contribution in [0.4, 0.5) is 0 Å². The van der Waals surface area contributed by atoms with E-state index in [2.05, 4.69) is 32.6 Å². The molecular weight excluding hydrogens is 502 g/mol. The van der Waals surface area contributed by atoms with Gasteiger partial charge in [-0.15, -0.1) is 0 Å². The summed E-state index contributed by atoms with van der Waals surface area (Å²) in [6.07, 6.45) is 12.9. The maximum absolute atomic E-state index is 14.3. The van der Waals surface area contributed by atoms with E-state index in [9.17, 15) is 19.5 Å². The van der Waals surface area contributed by atoms with E-state index >= 15 is 0 Å². The Bertz CT molecular complexity index is 1100. The highest BCUT2D eigenvalue weighted by atomic mass is 16.5. The van der Waals surface area contributed by atoms with Crippen molar-refractivity contribution in [3.63, 3.8) is 0 Å². The highest BCUT2D eigenvalue weighted by molar-refractivity contribution is 5.95. The molecule has 6 heteroatoms. The first-order valence-corrected chi connectivity index (χ1v) is 16.3. The number of carboxylic acid groups (broad SMARTS) is 1. The van der Waals surface area contributed by atoms with Gasteiger partial charge in [0.05, 0.1) is 12.5 Å². The second-order valence-corrected chi connectivity index (χ2v) is 15.4. The molecule has 11 unspecified atom stereocenters. The number of esters is 1. The predicted octanol–water partition coefficient (Wildman–Crippen LogP) is 6.28. The molecule has 0 spiro atoms. The van der Waals surface area contributed by atoms with Gasteiger partial charge >= 0.3 is 11.9 Å². The number of fused-ring (bicyclic) bond motifs is 7. The fourth-order valence-electron chi connectivity index (χ4n) is 11.7. The first-order chi connectivity index (χ1) is 18.9. The van der Waals surface area contributed by atoms with Crippen molar-refractivity contribution in [1.29, 1.82) is 0 Å². The van der Waals surface area contributed by atoms with E-state index in [-0.39, 0.29) is 46.0 Å². The normalized spacial score (nSPS) is 48.7. The average Bonchev–Trinajstić information content (AvgIpc) is 3.37. The van der Waals surface area contributed by atoms with Crippen molar-refractivity contribution < 1.29 is 24.2 Å². The van der Waals surface area contributed by atoms with Gasteiger partial charge in [0, 0.05) is 12.0 Å². The summed E-state index contributed by atoms with van der Waals surface area (Å²) in [6.45, 7) is 12.9. The third-order valence-electron chi connectivity index (χ3n) is 13.6. The minimum Gasteiger partial charge on any atom is -0.481 e. The number of ether oxygens (including phenoxy) is 1. The van der Waals surface area contributed by atoms with Gasteiger partial charge in [-0.05, 0) is 130 Å². The molecule has 0 aromatic heterocycles. The summed E-state index contributed by atoms with van der Waals surface area (Å²) in [4.78, 5) is 41.6. The largest absolute Gasteiger partial charge is 0.481 e. The van der Waals surface area contributed by atoms with E-state index in [0.717, 1.165) is 70.8 Å². The number of allylic oxidation sites excluding steroid dienone is 2. The number of likely N-dealkylation sites (tertiary alicyclic amines) is 1. The number of carbonyl (C=O) groups is 3. The summed E-state index contributed by atoms with van der Waals surface area (Å²) < 4.78 is 5.46. The predicted molar refractivity (Wildman–Crippen MR) is 153 cm³/mol. The van der Waals surface area contributed by atoms with Crippen molar-refractivity contribution in [2.45, 2.75) is 117 Å². The van der Waals surface area contributed by atoms with E-state index in [1.165, 1.54) is 5.57 Å². The molecule has 0 aromatic rings. The average molecular weight is 554 g/mol. The minimum atomic E-state index is -0.669. The summed E-state index contributed by atoms with van der Waals surface area (Å²) in [6, 6.07) is 0.254. The number of ketones is 1. The van der Waals surface area contributed by atoms with Gasteiger partial charge in [0.25, 0.3) is 0 Å². The van der Waals surface area contributed by atoms with E-state index in [0.29, 0.717) is 42.6 Å². The van der Waals surface area contributed by atoms with Crippen LogP contribution in [-0.2, 0) is 19.1 Å². The maximum atomic E-state index is 14.3. The lowest BCUT2D eigenvalue weighted by Gasteiger charge is -2.66. The number of aliphatic carboxylic acids is 1. The van der Waals surface area contributed by atoms with Crippen molar-refractivity contribution in [3.05, 3.63) is 11.6 Å². The van der Waals surface area contributed by atoms with Crippen molar-refractivity contribution in [3.8, 4) is 0 Å². The number of hydrogen-bond acceptors (Lipinski definition) is 5. The molecular formula is C34H51NO5. The van der Waals surface area contributed by atoms with Crippen LogP contribution < -0.4 is 0 Å². The van der Waals surface area contributed by atoms with E-state index in [1.807, 2.05) is 13.0 Å². The minimum absolute atomic E-state index is 0.0264. The quantitative estimate of drug-likeness (QED) is 0.413. The highest BCUT2D eigenvalue weighted by Crippen LogP contribution is 2.69. The number of nitrogens with zero attached hydrogens (tertiary/aromatic N) is 1. The van der Waals surface area contributed by atoms with Crippen LogP contribution in [0.3, 0.4) is 0 Å². The molecule has 0 bridgehead atoms. The van der Waals surface area contributed by atoms with Gasteiger partial charge in [-0.2, -0.15) is 0 Å². The Morgan fingerprint density at radius 2 is 1.73 bits per heavy atom. The first-order valence-electron chi connectivity index (χ1n) is 16.3. The number of hydrogen-bond donors (Lipinski definition) is 1. The van der Waals surface area contributed by atoms with Gasteiger partial charge < -0.3 is 9.84 Å². The number of rotatable bonds is 4. The molecule has 4 saturated carbocycles. The van der Waals surface area contributed by atoms with E-state index < -0.39 is 5.97 Å². The van der Waals surface area contributed by atoms with E-state index in [1.54, 1.807) is 0 Å². The second-order valence-electron chi connectivity index (χ2n) is 15.4. The number of carboxylic acids is 1. The molecule has 1 aliphatic heterocycles. The van der Waals surface area contributed by atoms with Gasteiger partial charge in [0.1, 0.15) is 6.04 Å². The molecule has 6 rings (SSSR count). The van der Waals surface area contributed by atoms with Crippen LogP contribution in [0, 0.1) is 51.8 Å². The Hall–Kier alpha value is -1.69. The van der Waals surface area contributed by atoms with Gasteiger partial charge in [0.2, 0.25) is 0 Å². The molecule has 1 N–H and O–H groups in total. The second kappa shape index (κ2) is 9.95. The Kier molecular flexibility index (Phi) is 7.07. The number of carbonyl (C=O) groups excluding carboxylic acids is 2. The summed E-state index contributed by atoms with van der Waals surface area (Å²) >= 11 is 0. The van der Waals surface area contributed by atoms with Crippen LogP contribution >= 0.6 is 0 Å². The molecule has 6 nitrogen and oxygen atoms in total. The lowest BCUT2D eigenvalue weighted by molar-refractivity contribution is -0.167. The van der Waals surface area contributed by atoms with Gasteiger partial charge in [-0.3, -0.25) is 19.3 Å². The molecule has 1 heterocycles. The third kappa shape index (κ3) is 4.08. The fraction of sp³-hybridized carbons (Fsp3) is 0.853. The van der Waals surface area contributed by atoms with Crippen molar-refractivity contribution in [2.24, 2.45) is 51.8 Å². The summed E-state index contributed by atoms with van der Waals surface area (Å²) in [5, 5.41) is 9.84. The topological polar surface area (TPSA) is 83.9 Å². The Morgan fingerprint density at radius 1 is 1.00 bits per heavy atom. The summed E-state index contributed by atoms with van der Waals surface area (Å²) in [7, 11) is 0. The zero-order valence-corrected chi connectivity index (χ0v) is 25.4. The van der Waals surface area contributed by atoms with Crippen LogP contribution in [0.1, 0.15) is 105 Å². The standard InChI is InChI=1S/C34H51NO5/c1-6-40-31(39)27-8-7-17-35(27)26-12-16-33(4)23(20(26)2)11-15-34(5)24-10-14-32(3)13-9-21(30(37)38)18-25(32)22(24)19-28(36)29(33)34/h19-21,23-27,29H,6-18H2,1-5H3,(H,37,38). The van der Waals surface area contributed by atoms with Crippen LogP contribution in [0.5, 0.6) is 0 Å². The molecule has 5 fully saturated rings. The Morgan fingerprint density at radius 3 is 2.45 bits per heavy atom. The Labute approximate surface area is 240 Å². The fourth-order valence-corrected chi connectivity index (χ4v) is 11.7. The Balaban J connectivity index is 1.29. The SMILES string of the molecule is CCOC(=O)C1CCCN1C1CCC2(C)C(CCC3(C)C4CCC5(C)CCC(C(=O)O)CC5C4=CC(=O)C32)C1C. The van der Waals surface area contributed by atoms with Crippen LogP contribution in [0.25, 0.3) is 0 Å². The van der Waals surface area contributed by atoms with E-state index in [4.69, 9.17) is 4.74 Å². The molecule has 6 aliphatic rings. The summed E-state index contributed by atoms with van der Waals surface area (Å²) in [5.74, 6) is 0.833.